The van der Waals surface area contributed by atoms with Crippen LogP contribution in [0.1, 0.15) is 73.7 Å². The zero-order valence-corrected chi connectivity index (χ0v) is 17.6. The lowest BCUT2D eigenvalue weighted by Gasteiger charge is -2.27. The minimum Gasteiger partial charge on any atom is -0.481 e. The van der Waals surface area contributed by atoms with Gasteiger partial charge < -0.3 is 15.2 Å². The Labute approximate surface area is 169 Å². The lowest BCUT2D eigenvalue weighted by molar-refractivity contribution is -0.147. The number of carbonyl (C=O) groups excluding carboxylic acids is 2. The molecule has 7 heteroatoms. The molecule has 0 unspecified atom stereocenters. The van der Waals surface area contributed by atoms with Crippen molar-refractivity contribution in [3.63, 3.8) is 0 Å². The standard InChI is InChI=1S/C21H29NO5S/c1-11(2)27-21(26)17-15-9-8-12(3)10-16(15)28-19(17)22-18(23)13-6-4-5-7-14(13)20(24)25/h11-14H,4-10H2,1-3H3,(H,22,23)(H,24,25)/t12-,13-,14+/m0/s1. The van der Waals surface area contributed by atoms with Crippen LogP contribution in [0.15, 0.2) is 0 Å². The van der Waals surface area contributed by atoms with E-state index < -0.39 is 23.8 Å². The van der Waals surface area contributed by atoms with Crippen LogP contribution in [-0.4, -0.2) is 29.1 Å². The van der Waals surface area contributed by atoms with Gasteiger partial charge in [-0.05, 0) is 57.4 Å². The molecule has 1 amide bonds. The van der Waals surface area contributed by atoms with Crippen LogP contribution < -0.4 is 5.32 Å². The Hall–Kier alpha value is -1.89. The molecule has 0 radical (unpaired) electrons. The van der Waals surface area contributed by atoms with Crippen molar-refractivity contribution in [1.29, 1.82) is 0 Å². The first kappa shape index (κ1) is 20.8. The highest BCUT2D eigenvalue weighted by Gasteiger charge is 2.37. The van der Waals surface area contributed by atoms with Crippen molar-refractivity contribution in [2.24, 2.45) is 17.8 Å². The minimum atomic E-state index is -0.918. The normalized spacial score (nSPS) is 24.5. The van der Waals surface area contributed by atoms with Crippen molar-refractivity contribution in [3.05, 3.63) is 16.0 Å². The number of fused-ring (bicyclic) bond motifs is 1. The average Bonchev–Trinajstić information content (AvgIpc) is 2.97. The number of aliphatic carboxylic acids is 1. The van der Waals surface area contributed by atoms with Gasteiger partial charge in [0.2, 0.25) is 5.91 Å². The molecule has 6 nitrogen and oxygen atoms in total. The van der Waals surface area contributed by atoms with Gasteiger partial charge in [-0.25, -0.2) is 4.79 Å². The van der Waals surface area contributed by atoms with Gasteiger partial charge in [-0.1, -0.05) is 19.8 Å². The summed E-state index contributed by atoms with van der Waals surface area (Å²) in [4.78, 5) is 38.4. The molecule has 2 N–H and O–H groups in total. The molecule has 28 heavy (non-hydrogen) atoms. The number of carboxylic acid groups (broad SMARTS) is 1. The van der Waals surface area contributed by atoms with Gasteiger partial charge in [0.15, 0.2) is 0 Å². The molecule has 0 bridgehead atoms. The maximum Gasteiger partial charge on any atom is 0.341 e. The van der Waals surface area contributed by atoms with E-state index >= 15 is 0 Å². The highest BCUT2D eigenvalue weighted by atomic mass is 32.1. The third-order valence-electron chi connectivity index (χ3n) is 5.72. The van der Waals surface area contributed by atoms with Gasteiger partial charge in [0, 0.05) is 4.88 Å². The molecule has 1 aromatic heterocycles. The fourth-order valence-electron chi connectivity index (χ4n) is 4.27. The quantitative estimate of drug-likeness (QED) is 0.711. The van der Waals surface area contributed by atoms with Gasteiger partial charge in [-0.2, -0.15) is 0 Å². The number of ether oxygens (including phenoxy) is 1. The van der Waals surface area contributed by atoms with Gasteiger partial charge in [-0.3, -0.25) is 9.59 Å². The van der Waals surface area contributed by atoms with Crippen LogP contribution in [0.4, 0.5) is 5.00 Å². The van der Waals surface area contributed by atoms with Crippen LogP contribution in [0, 0.1) is 17.8 Å². The van der Waals surface area contributed by atoms with Crippen molar-refractivity contribution in [2.75, 3.05) is 5.32 Å². The number of rotatable bonds is 5. The summed E-state index contributed by atoms with van der Waals surface area (Å²) in [6.45, 7) is 5.79. The minimum absolute atomic E-state index is 0.246. The molecule has 1 heterocycles. The molecule has 2 aliphatic rings. The average molecular weight is 408 g/mol. The van der Waals surface area contributed by atoms with Gasteiger partial charge in [0.25, 0.3) is 0 Å². The van der Waals surface area contributed by atoms with E-state index in [9.17, 15) is 19.5 Å². The zero-order valence-electron chi connectivity index (χ0n) is 16.7. The fraction of sp³-hybridized carbons (Fsp3) is 0.667. The van der Waals surface area contributed by atoms with E-state index in [2.05, 4.69) is 12.2 Å². The first-order valence-electron chi connectivity index (χ1n) is 10.2. The molecular weight excluding hydrogens is 378 g/mol. The van der Waals surface area contributed by atoms with E-state index in [0.29, 0.717) is 29.3 Å². The van der Waals surface area contributed by atoms with Crippen LogP contribution in [0.2, 0.25) is 0 Å². The number of anilines is 1. The van der Waals surface area contributed by atoms with Crippen LogP contribution in [-0.2, 0) is 27.2 Å². The van der Waals surface area contributed by atoms with Crippen LogP contribution in [0.25, 0.3) is 0 Å². The van der Waals surface area contributed by atoms with E-state index in [4.69, 9.17) is 4.74 Å². The lowest BCUT2D eigenvalue weighted by atomic mass is 9.78. The van der Waals surface area contributed by atoms with Gasteiger partial charge in [0.1, 0.15) is 5.00 Å². The van der Waals surface area contributed by atoms with Crippen LogP contribution >= 0.6 is 11.3 Å². The summed E-state index contributed by atoms with van der Waals surface area (Å²) in [5, 5.41) is 12.9. The van der Waals surface area contributed by atoms with Crippen LogP contribution in [0.5, 0.6) is 0 Å². The van der Waals surface area contributed by atoms with Crippen LogP contribution in [0.3, 0.4) is 0 Å². The SMILES string of the molecule is CC(C)OC(=O)c1c(NC(=O)[C@H]2CCCC[C@H]2C(=O)O)sc2c1CC[C@H](C)C2. The van der Waals surface area contributed by atoms with Gasteiger partial charge >= 0.3 is 11.9 Å². The zero-order chi connectivity index (χ0) is 20.4. The highest BCUT2D eigenvalue weighted by Crippen LogP contribution is 2.41. The van der Waals surface area contributed by atoms with Gasteiger partial charge in [0.05, 0.1) is 23.5 Å². The molecular formula is C21H29NO5S. The molecule has 0 saturated heterocycles. The maximum absolute atomic E-state index is 12.9. The van der Waals surface area contributed by atoms with Gasteiger partial charge in [-0.15, -0.1) is 11.3 Å². The summed E-state index contributed by atoms with van der Waals surface area (Å²) >= 11 is 1.44. The third-order valence-corrected chi connectivity index (χ3v) is 6.88. The van der Waals surface area contributed by atoms with Crippen molar-refractivity contribution in [2.45, 2.75) is 71.8 Å². The van der Waals surface area contributed by atoms with E-state index in [1.54, 1.807) is 13.8 Å². The molecule has 1 saturated carbocycles. The topological polar surface area (TPSA) is 92.7 Å². The van der Waals surface area contributed by atoms with Crippen molar-refractivity contribution < 1.29 is 24.2 Å². The smallest absolute Gasteiger partial charge is 0.341 e. The Morgan fingerprint density at radius 1 is 1.14 bits per heavy atom. The van der Waals surface area contributed by atoms with E-state index in [0.717, 1.165) is 42.5 Å². The number of amides is 1. The number of hydrogen-bond donors (Lipinski definition) is 2. The summed E-state index contributed by atoms with van der Waals surface area (Å²) in [6, 6.07) is 0. The predicted octanol–water partition coefficient (Wildman–Crippen LogP) is 4.27. The molecule has 0 aromatic carbocycles. The summed E-state index contributed by atoms with van der Waals surface area (Å²) in [6.07, 6.45) is 5.21. The summed E-state index contributed by atoms with van der Waals surface area (Å²) < 4.78 is 5.44. The summed E-state index contributed by atoms with van der Waals surface area (Å²) in [5.74, 6) is -2.29. The first-order valence-corrected chi connectivity index (χ1v) is 11.0. The summed E-state index contributed by atoms with van der Waals surface area (Å²) in [5.41, 5.74) is 1.46. The second-order valence-electron chi connectivity index (χ2n) is 8.33. The molecule has 2 aliphatic carbocycles. The Morgan fingerprint density at radius 3 is 2.46 bits per heavy atom. The number of thiophene rings is 1. The van der Waals surface area contributed by atoms with Crippen molar-refractivity contribution in [3.8, 4) is 0 Å². The molecule has 1 aromatic rings. The Bertz CT molecular complexity index is 769. The number of hydrogen-bond acceptors (Lipinski definition) is 5. The first-order chi connectivity index (χ1) is 13.3. The predicted molar refractivity (Wildman–Crippen MR) is 108 cm³/mol. The number of nitrogens with one attached hydrogen (secondary N) is 1. The molecule has 154 valence electrons. The van der Waals surface area contributed by atoms with E-state index in [1.165, 1.54) is 11.3 Å². The third kappa shape index (κ3) is 4.40. The lowest BCUT2D eigenvalue weighted by Crippen LogP contribution is -2.36. The van der Waals surface area contributed by atoms with Crippen molar-refractivity contribution >= 4 is 34.2 Å². The fourth-order valence-corrected chi connectivity index (χ4v) is 5.67. The Morgan fingerprint density at radius 2 is 1.82 bits per heavy atom. The molecule has 3 rings (SSSR count). The monoisotopic (exact) mass is 407 g/mol. The largest absolute Gasteiger partial charge is 0.481 e. The van der Waals surface area contributed by atoms with Crippen molar-refractivity contribution in [1.82, 2.24) is 0 Å². The maximum atomic E-state index is 12.9. The summed E-state index contributed by atoms with van der Waals surface area (Å²) in [7, 11) is 0. The van der Waals surface area contributed by atoms with E-state index in [1.807, 2.05) is 0 Å². The Kier molecular flexibility index (Phi) is 6.43. The molecule has 0 aliphatic heterocycles. The molecule has 1 fully saturated rings. The van der Waals surface area contributed by atoms with E-state index in [-0.39, 0.29) is 12.0 Å². The number of carboxylic acids is 1. The molecule has 0 spiro atoms. The second-order valence-corrected chi connectivity index (χ2v) is 9.44. The Balaban J connectivity index is 1.89. The number of carbonyl (C=O) groups is 3. The highest BCUT2D eigenvalue weighted by molar-refractivity contribution is 7.17. The number of esters is 1. The molecule has 3 atom stereocenters. The second kappa shape index (κ2) is 8.64.